The standard InChI is InChI=1S/C15H16N4/c1-11(14-16-7-8-17-14)9-13-10-18-15(19-13)12-5-3-2-4-6-12/h2-8,10-11H,9H2,1H3,(H,16,17)(H,18,19). The molecule has 19 heavy (non-hydrogen) atoms. The van der Waals surface area contributed by atoms with E-state index in [9.17, 15) is 0 Å². The van der Waals surface area contributed by atoms with Gasteiger partial charge in [0.15, 0.2) is 0 Å². The maximum absolute atomic E-state index is 4.43. The first-order valence-electron chi connectivity index (χ1n) is 6.41. The molecule has 1 atom stereocenters. The van der Waals surface area contributed by atoms with Gasteiger partial charge in [-0.05, 0) is 6.42 Å². The van der Waals surface area contributed by atoms with Crippen molar-refractivity contribution in [1.82, 2.24) is 19.9 Å². The van der Waals surface area contributed by atoms with E-state index in [1.807, 2.05) is 30.6 Å². The average molecular weight is 252 g/mol. The van der Waals surface area contributed by atoms with Crippen LogP contribution in [0.4, 0.5) is 0 Å². The van der Waals surface area contributed by atoms with Crippen LogP contribution in [-0.4, -0.2) is 19.9 Å². The summed E-state index contributed by atoms with van der Waals surface area (Å²) in [6.07, 6.45) is 6.44. The summed E-state index contributed by atoms with van der Waals surface area (Å²) in [5, 5.41) is 0. The third-order valence-corrected chi connectivity index (χ3v) is 3.19. The second-order valence-electron chi connectivity index (χ2n) is 4.70. The fourth-order valence-electron chi connectivity index (χ4n) is 2.18. The lowest BCUT2D eigenvalue weighted by Crippen LogP contribution is -2.00. The lowest BCUT2D eigenvalue weighted by Gasteiger charge is -2.06. The summed E-state index contributed by atoms with van der Waals surface area (Å²) in [7, 11) is 0. The molecule has 1 aromatic carbocycles. The van der Waals surface area contributed by atoms with E-state index in [2.05, 4.69) is 39.0 Å². The molecule has 0 amide bonds. The summed E-state index contributed by atoms with van der Waals surface area (Å²) < 4.78 is 0. The normalized spacial score (nSPS) is 12.5. The summed E-state index contributed by atoms with van der Waals surface area (Å²) in [6.45, 7) is 2.15. The molecule has 2 N–H and O–H groups in total. The highest BCUT2D eigenvalue weighted by Gasteiger charge is 2.11. The maximum Gasteiger partial charge on any atom is 0.137 e. The Morgan fingerprint density at radius 3 is 2.74 bits per heavy atom. The number of imidazole rings is 2. The van der Waals surface area contributed by atoms with Gasteiger partial charge in [0.2, 0.25) is 0 Å². The molecule has 2 heterocycles. The number of nitrogens with one attached hydrogen (secondary N) is 2. The van der Waals surface area contributed by atoms with Crippen molar-refractivity contribution in [3.05, 3.63) is 60.4 Å². The van der Waals surface area contributed by atoms with Gasteiger partial charge < -0.3 is 9.97 Å². The van der Waals surface area contributed by atoms with Gasteiger partial charge in [0.1, 0.15) is 11.6 Å². The summed E-state index contributed by atoms with van der Waals surface area (Å²) in [6, 6.07) is 10.1. The van der Waals surface area contributed by atoms with Crippen LogP contribution >= 0.6 is 0 Å². The van der Waals surface area contributed by atoms with Crippen LogP contribution in [0, 0.1) is 0 Å². The Hall–Kier alpha value is -2.36. The van der Waals surface area contributed by atoms with E-state index in [1.54, 1.807) is 6.20 Å². The number of hydrogen-bond acceptors (Lipinski definition) is 2. The van der Waals surface area contributed by atoms with Gasteiger partial charge in [0, 0.05) is 35.8 Å². The molecule has 0 radical (unpaired) electrons. The molecular formula is C15H16N4. The second kappa shape index (κ2) is 5.10. The summed E-state index contributed by atoms with van der Waals surface area (Å²) in [4.78, 5) is 15.2. The van der Waals surface area contributed by atoms with Gasteiger partial charge in [0.05, 0.1) is 0 Å². The first kappa shape index (κ1) is 11.7. The Kier molecular flexibility index (Phi) is 3.14. The number of H-pyrrole nitrogens is 2. The fraction of sp³-hybridized carbons (Fsp3) is 0.200. The van der Waals surface area contributed by atoms with Gasteiger partial charge in [-0.3, -0.25) is 0 Å². The highest BCUT2D eigenvalue weighted by Crippen LogP contribution is 2.19. The van der Waals surface area contributed by atoms with Crippen molar-refractivity contribution >= 4 is 0 Å². The van der Waals surface area contributed by atoms with Crippen LogP contribution in [0.15, 0.2) is 48.9 Å². The minimum Gasteiger partial charge on any atom is -0.348 e. The van der Waals surface area contributed by atoms with Crippen LogP contribution in [0.25, 0.3) is 11.4 Å². The van der Waals surface area contributed by atoms with Crippen LogP contribution in [0.1, 0.15) is 24.4 Å². The SMILES string of the molecule is CC(Cc1cnc(-c2ccccc2)[nH]1)c1ncc[nH]1. The molecule has 0 saturated heterocycles. The predicted octanol–water partition coefficient (Wildman–Crippen LogP) is 3.15. The lowest BCUT2D eigenvalue weighted by molar-refractivity contribution is 0.699. The highest BCUT2D eigenvalue weighted by molar-refractivity contribution is 5.54. The molecule has 0 fully saturated rings. The third-order valence-electron chi connectivity index (χ3n) is 3.19. The molecule has 0 bridgehead atoms. The number of hydrogen-bond donors (Lipinski definition) is 2. The molecule has 0 aliphatic rings. The van der Waals surface area contributed by atoms with Gasteiger partial charge in [-0.2, -0.15) is 0 Å². The van der Waals surface area contributed by atoms with Gasteiger partial charge in [-0.1, -0.05) is 37.3 Å². The minimum atomic E-state index is 0.346. The van der Waals surface area contributed by atoms with Gasteiger partial charge >= 0.3 is 0 Å². The monoisotopic (exact) mass is 252 g/mol. The van der Waals surface area contributed by atoms with Crippen molar-refractivity contribution in [2.24, 2.45) is 0 Å². The van der Waals surface area contributed by atoms with Crippen molar-refractivity contribution in [2.75, 3.05) is 0 Å². The zero-order valence-electron chi connectivity index (χ0n) is 10.8. The highest BCUT2D eigenvalue weighted by atomic mass is 14.9. The van der Waals surface area contributed by atoms with E-state index in [-0.39, 0.29) is 0 Å². The number of aromatic amines is 2. The van der Waals surface area contributed by atoms with E-state index < -0.39 is 0 Å². The Labute approximate surface area is 111 Å². The fourth-order valence-corrected chi connectivity index (χ4v) is 2.18. The van der Waals surface area contributed by atoms with Gasteiger partial charge in [0.25, 0.3) is 0 Å². The molecular weight excluding hydrogens is 236 g/mol. The second-order valence-corrected chi connectivity index (χ2v) is 4.70. The van der Waals surface area contributed by atoms with Crippen LogP contribution < -0.4 is 0 Å². The largest absolute Gasteiger partial charge is 0.348 e. The average Bonchev–Trinajstić information content (AvgIpc) is 3.11. The van der Waals surface area contributed by atoms with Crippen molar-refractivity contribution < 1.29 is 0 Å². The number of aromatic nitrogens is 4. The number of nitrogens with zero attached hydrogens (tertiary/aromatic N) is 2. The summed E-state index contributed by atoms with van der Waals surface area (Å²) in [5.74, 6) is 2.28. The molecule has 4 nitrogen and oxygen atoms in total. The quantitative estimate of drug-likeness (QED) is 0.749. The summed E-state index contributed by atoms with van der Waals surface area (Å²) >= 11 is 0. The van der Waals surface area contributed by atoms with E-state index in [0.29, 0.717) is 5.92 Å². The molecule has 96 valence electrons. The van der Waals surface area contributed by atoms with E-state index in [4.69, 9.17) is 0 Å². The van der Waals surface area contributed by atoms with Crippen molar-refractivity contribution in [3.8, 4) is 11.4 Å². The van der Waals surface area contributed by atoms with Gasteiger partial charge in [-0.15, -0.1) is 0 Å². The third kappa shape index (κ3) is 2.57. The topological polar surface area (TPSA) is 57.4 Å². The Bertz CT molecular complexity index is 625. The number of benzene rings is 1. The van der Waals surface area contributed by atoms with Crippen molar-refractivity contribution in [2.45, 2.75) is 19.3 Å². The Morgan fingerprint density at radius 2 is 2.00 bits per heavy atom. The van der Waals surface area contributed by atoms with Crippen LogP contribution in [0.5, 0.6) is 0 Å². The molecule has 0 spiro atoms. The zero-order valence-corrected chi connectivity index (χ0v) is 10.8. The van der Waals surface area contributed by atoms with Crippen molar-refractivity contribution in [1.29, 1.82) is 0 Å². The van der Waals surface area contributed by atoms with Crippen LogP contribution in [-0.2, 0) is 6.42 Å². The minimum absolute atomic E-state index is 0.346. The van der Waals surface area contributed by atoms with Crippen molar-refractivity contribution in [3.63, 3.8) is 0 Å². The number of rotatable bonds is 4. The molecule has 4 heteroatoms. The van der Waals surface area contributed by atoms with E-state index in [0.717, 1.165) is 29.3 Å². The Morgan fingerprint density at radius 1 is 1.16 bits per heavy atom. The molecule has 0 aliphatic heterocycles. The van der Waals surface area contributed by atoms with Crippen LogP contribution in [0.2, 0.25) is 0 Å². The van der Waals surface area contributed by atoms with Crippen LogP contribution in [0.3, 0.4) is 0 Å². The maximum atomic E-state index is 4.43. The molecule has 0 saturated carbocycles. The first-order valence-corrected chi connectivity index (χ1v) is 6.41. The smallest absolute Gasteiger partial charge is 0.137 e. The van der Waals surface area contributed by atoms with Gasteiger partial charge in [-0.25, -0.2) is 9.97 Å². The Balaban J connectivity index is 1.75. The zero-order chi connectivity index (χ0) is 13.1. The van der Waals surface area contributed by atoms with E-state index in [1.165, 1.54) is 0 Å². The summed E-state index contributed by atoms with van der Waals surface area (Å²) in [5.41, 5.74) is 2.24. The predicted molar refractivity (Wildman–Crippen MR) is 74.7 cm³/mol. The molecule has 0 aliphatic carbocycles. The molecule has 3 rings (SSSR count). The molecule has 2 aromatic heterocycles. The molecule has 1 unspecified atom stereocenters. The lowest BCUT2D eigenvalue weighted by atomic mass is 10.1. The molecule has 3 aromatic rings. The van der Waals surface area contributed by atoms with E-state index >= 15 is 0 Å². The first-order chi connectivity index (χ1) is 9.33.